The Hall–Kier alpha value is -3.82. The monoisotopic (exact) mass is 561 g/mol. The maximum Gasteiger partial charge on any atom is 0.517 e. The predicted molar refractivity (Wildman–Crippen MR) is 150 cm³/mol. The summed E-state index contributed by atoms with van der Waals surface area (Å²) in [6, 6.07) is 17.1. The Balaban J connectivity index is 0.000000141. The van der Waals surface area contributed by atoms with Gasteiger partial charge in [0.1, 0.15) is 28.9 Å². The maximum absolute atomic E-state index is 8.57. The minimum absolute atomic E-state index is 0.139. The quantitative estimate of drug-likeness (QED) is 0.125. The van der Waals surface area contributed by atoms with Crippen molar-refractivity contribution in [3.63, 3.8) is 0 Å². The number of allylic oxidation sites excluding steroid dienone is 6. The molecular weight excluding hydrogens is 545 g/mol. The molecule has 8 nitrogen and oxygen atoms in total. The molecule has 0 amide bonds. The molecule has 186 valence electrons. The molecule has 0 saturated carbocycles. The molecular formula is C26H17BCl3N6O2+. The second kappa shape index (κ2) is 13.1. The van der Waals surface area contributed by atoms with Gasteiger partial charge in [-0.3, -0.25) is 9.97 Å². The first-order valence-corrected chi connectivity index (χ1v) is 12.2. The number of hydrogen-bond donors (Lipinski definition) is 2. The van der Waals surface area contributed by atoms with Crippen LogP contribution in [0.2, 0.25) is 15.7 Å². The van der Waals surface area contributed by atoms with Gasteiger partial charge in [0.2, 0.25) is 10.6 Å². The van der Waals surface area contributed by atoms with Crippen molar-refractivity contribution in [2.24, 2.45) is 0 Å². The number of fused-ring (bicyclic) bond motifs is 2. The van der Waals surface area contributed by atoms with E-state index < -0.39 is 7.12 Å². The van der Waals surface area contributed by atoms with Gasteiger partial charge in [-0.1, -0.05) is 41.9 Å². The SMILES string of the molecule is Clc1nc(-c2ccccc2)c2ncccc2n1.Clc1nc(Cl)c2ncccc2n1.OB(O)C1=CC=[C+]C=C1. The van der Waals surface area contributed by atoms with E-state index in [0.717, 1.165) is 22.3 Å². The summed E-state index contributed by atoms with van der Waals surface area (Å²) >= 11 is 17.3. The zero-order valence-corrected chi connectivity index (χ0v) is 21.7. The highest BCUT2D eigenvalue weighted by atomic mass is 35.5. The molecule has 1 aliphatic rings. The van der Waals surface area contributed by atoms with Crippen LogP contribution in [0, 0.1) is 6.08 Å². The zero-order valence-electron chi connectivity index (χ0n) is 19.4. The van der Waals surface area contributed by atoms with Crippen molar-refractivity contribution in [2.45, 2.75) is 0 Å². The molecule has 0 spiro atoms. The summed E-state index contributed by atoms with van der Waals surface area (Å²) in [5.41, 5.74) is 5.00. The van der Waals surface area contributed by atoms with Crippen LogP contribution in [-0.2, 0) is 0 Å². The summed E-state index contributed by atoms with van der Waals surface area (Å²) in [7, 11) is -1.36. The summed E-state index contributed by atoms with van der Waals surface area (Å²) in [4.78, 5) is 24.4. The fourth-order valence-electron chi connectivity index (χ4n) is 3.21. The average Bonchev–Trinajstić information content (AvgIpc) is 2.94. The smallest absolute Gasteiger partial charge is 0.422 e. The van der Waals surface area contributed by atoms with Gasteiger partial charge in [0, 0.05) is 36.2 Å². The molecule has 4 aromatic heterocycles. The van der Waals surface area contributed by atoms with Crippen molar-refractivity contribution in [1.29, 1.82) is 0 Å². The number of hydrogen-bond acceptors (Lipinski definition) is 8. The first-order chi connectivity index (χ1) is 18.4. The zero-order chi connectivity index (χ0) is 26.9. The Morgan fingerprint density at radius 2 is 1.34 bits per heavy atom. The van der Waals surface area contributed by atoms with E-state index in [0.29, 0.717) is 16.5 Å². The van der Waals surface area contributed by atoms with Crippen LogP contribution in [0.5, 0.6) is 0 Å². The maximum atomic E-state index is 8.57. The van der Waals surface area contributed by atoms with Gasteiger partial charge < -0.3 is 10.0 Å². The lowest BCUT2D eigenvalue weighted by molar-refractivity contribution is 0.420. The Kier molecular flexibility index (Phi) is 9.40. The van der Waals surface area contributed by atoms with Gasteiger partial charge in [-0.05, 0) is 47.5 Å². The molecule has 0 saturated heterocycles. The molecule has 6 rings (SSSR count). The van der Waals surface area contributed by atoms with E-state index in [4.69, 9.17) is 44.9 Å². The molecule has 1 aromatic carbocycles. The van der Waals surface area contributed by atoms with E-state index in [-0.39, 0.29) is 15.7 Å². The van der Waals surface area contributed by atoms with E-state index in [1.165, 1.54) is 0 Å². The lowest BCUT2D eigenvalue weighted by Gasteiger charge is -2.04. The van der Waals surface area contributed by atoms with Crippen LogP contribution in [0.3, 0.4) is 0 Å². The van der Waals surface area contributed by atoms with Gasteiger partial charge >= 0.3 is 7.12 Å². The lowest BCUT2D eigenvalue weighted by Crippen LogP contribution is -2.13. The Morgan fingerprint density at radius 3 is 1.95 bits per heavy atom. The van der Waals surface area contributed by atoms with Crippen LogP contribution < -0.4 is 0 Å². The molecule has 0 unspecified atom stereocenters. The summed E-state index contributed by atoms with van der Waals surface area (Å²) in [6.45, 7) is 0. The number of aromatic nitrogens is 6. The standard InChI is InChI=1S/C13H8ClN3.C7H3Cl2N3.C6H6BO2/c14-13-16-10-7-4-8-15-12(10)11(17-13)9-5-2-1-3-6-9;8-6-5-4(2-1-3-10-5)11-7(9)12-6;8-7(9)6-4-2-1-3-5-6/h1-8H;1-3H;2-5,8-9H/q;;+1. The second-order valence-electron chi connectivity index (χ2n) is 7.44. The lowest BCUT2D eigenvalue weighted by atomic mass is 9.78. The van der Waals surface area contributed by atoms with Crippen molar-refractivity contribution in [2.75, 3.05) is 0 Å². The second-order valence-corrected chi connectivity index (χ2v) is 8.47. The van der Waals surface area contributed by atoms with Crippen molar-refractivity contribution in [1.82, 2.24) is 29.9 Å². The first kappa shape index (κ1) is 27.2. The van der Waals surface area contributed by atoms with Crippen LogP contribution >= 0.6 is 34.8 Å². The number of nitrogens with zero attached hydrogens (tertiary/aromatic N) is 6. The molecule has 0 atom stereocenters. The third-order valence-electron chi connectivity index (χ3n) is 4.90. The van der Waals surface area contributed by atoms with E-state index in [1.807, 2.05) is 42.5 Å². The topological polar surface area (TPSA) is 118 Å². The number of benzene rings is 1. The molecule has 0 radical (unpaired) electrons. The minimum Gasteiger partial charge on any atom is -0.422 e. The molecule has 0 fully saturated rings. The Morgan fingerprint density at radius 1 is 0.711 bits per heavy atom. The van der Waals surface area contributed by atoms with Gasteiger partial charge in [-0.2, -0.15) is 0 Å². The van der Waals surface area contributed by atoms with Crippen molar-refractivity contribution >= 4 is 64.0 Å². The van der Waals surface area contributed by atoms with Crippen LogP contribution in [0.4, 0.5) is 0 Å². The summed E-state index contributed by atoms with van der Waals surface area (Å²) < 4.78 is 0. The van der Waals surface area contributed by atoms with Crippen LogP contribution in [0.25, 0.3) is 33.3 Å². The molecule has 5 aromatic rings. The Bertz CT molecular complexity index is 1650. The number of halogens is 3. The van der Waals surface area contributed by atoms with Crippen molar-refractivity contribution in [3.05, 3.63) is 119 Å². The third-order valence-corrected chi connectivity index (χ3v) is 5.50. The first-order valence-electron chi connectivity index (χ1n) is 11.0. The van der Waals surface area contributed by atoms with Crippen molar-refractivity contribution in [3.8, 4) is 11.3 Å². The van der Waals surface area contributed by atoms with E-state index >= 15 is 0 Å². The van der Waals surface area contributed by atoms with Gasteiger partial charge in [0.25, 0.3) is 0 Å². The fraction of sp³-hybridized carbons (Fsp3) is 0. The summed E-state index contributed by atoms with van der Waals surface area (Å²) in [5, 5.41) is 17.8. The van der Waals surface area contributed by atoms with E-state index in [9.17, 15) is 0 Å². The highest BCUT2D eigenvalue weighted by molar-refractivity contribution is 6.51. The number of rotatable bonds is 2. The van der Waals surface area contributed by atoms with Crippen molar-refractivity contribution < 1.29 is 10.0 Å². The van der Waals surface area contributed by atoms with Gasteiger partial charge in [0.05, 0.1) is 16.5 Å². The molecule has 0 aliphatic heterocycles. The fourth-order valence-corrected chi connectivity index (χ4v) is 3.83. The average molecular weight is 563 g/mol. The number of pyridine rings is 2. The summed E-state index contributed by atoms with van der Waals surface area (Å²) in [6.07, 6.45) is 12.6. The highest BCUT2D eigenvalue weighted by Crippen LogP contribution is 2.25. The molecule has 12 heteroatoms. The van der Waals surface area contributed by atoms with Crippen LogP contribution in [0.1, 0.15) is 0 Å². The Labute approximate surface area is 233 Å². The van der Waals surface area contributed by atoms with Gasteiger partial charge in [0.15, 0.2) is 5.15 Å². The highest BCUT2D eigenvalue weighted by Gasteiger charge is 2.17. The normalized spacial score (nSPS) is 11.6. The molecule has 4 heterocycles. The van der Waals surface area contributed by atoms with Gasteiger partial charge in [-0.25, -0.2) is 19.9 Å². The van der Waals surface area contributed by atoms with Crippen LogP contribution in [0.15, 0.2) is 96.8 Å². The summed E-state index contributed by atoms with van der Waals surface area (Å²) in [5.74, 6) is 0. The third kappa shape index (κ3) is 7.15. The molecule has 0 bridgehead atoms. The molecule has 1 aliphatic carbocycles. The molecule has 38 heavy (non-hydrogen) atoms. The van der Waals surface area contributed by atoms with E-state index in [2.05, 4.69) is 36.0 Å². The van der Waals surface area contributed by atoms with Gasteiger partial charge in [-0.15, -0.1) is 0 Å². The minimum atomic E-state index is -1.36. The van der Waals surface area contributed by atoms with Crippen LogP contribution in [-0.4, -0.2) is 47.1 Å². The predicted octanol–water partition coefficient (Wildman–Crippen LogP) is 5.53. The largest absolute Gasteiger partial charge is 0.517 e. The van der Waals surface area contributed by atoms with E-state index in [1.54, 1.807) is 48.8 Å². The molecule has 2 N–H and O–H groups in total.